The number of anilines is 1. The topological polar surface area (TPSA) is 165 Å². The van der Waals surface area contributed by atoms with Crippen molar-refractivity contribution in [2.45, 2.75) is 31.4 Å². The maximum atomic E-state index is 13.5. The van der Waals surface area contributed by atoms with Crippen LogP contribution in [0.15, 0.2) is 76.9 Å². The van der Waals surface area contributed by atoms with Crippen molar-refractivity contribution in [2.24, 2.45) is 0 Å². The smallest absolute Gasteiger partial charge is 0.320 e. The zero-order valence-electron chi connectivity index (χ0n) is 26.2. The molecule has 0 saturated carbocycles. The van der Waals surface area contributed by atoms with Gasteiger partial charge in [0.05, 0.1) is 22.8 Å². The van der Waals surface area contributed by atoms with Crippen molar-refractivity contribution < 1.29 is 28.6 Å². The molecule has 2 N–H and O–H groups in total. The average molecular weight is 654 g/mol. The monoisotopic (exact) mass is 653 g/mol. The van der Waals surface area contributed by atoms with E-state index in [0.29, 0.717) is 57.2 Å². The number of nitrogens with zero attached hydrogens (tertiary/aromatic N) is 5. The minimum atomic E-state index is -0.520. The number of amides is 3. The van der Waals surface area contributed by atoms with Crippen molar-refractivity contribution in [1.29, 1.82) is 0 Å². The standard InChI is InChI=1S/C34H35N7O7/c42-30-21-47-29-13-17-40(20-27(29)36-30)34(43)39-15-11-23(12-16-39)31(22-5-2-1-3-6-22)24-7-4-8-25(19-24)46-18-14-35-26-9-10-28(41(44)45)33-32(26)37-48-38-33/h1-10,19,27,29,35H,11-18,20-21H2,(H,36,42)/t27-,29+/m1/s1. The number of non-ortho nitro benzene ring substituents is 1. The predicted molar refractivity (Wildman–Crippen MR) is 175 cm³/mol. The molecule has 48 heavy (non-hydrogen) atoms. The van der Waals surface area contributed by atoms with Gasteiger partial charge in [0.15, 0.2) is 5.52 Å². The SMILES string of the molecule is O=C1CO[C@H]2CCN(C(=O)N3CCC(=C(c4ccccc4)c4cccc(OCCNc5ccc([N+](=O)[O-])c6nonc56)c4)CC3)C[C@H]2N1. The van der Waals surface area contributed by atoms with Gasteiger partial charge >= 0.3 is 11.7 Å². The van der Waals surface area contributed by atoms with E-state index in [0.717, 1.165) is 29.5 Å². The molecule has 14 nitrogen and oxygen atoms in total. The Kier molecular flexibility index (Phi) is 8.88. The number of aromatic nitrogens is 2. The van der Waals surface area contributed by atoms with E-state index in [1.54, 1.807) is 6.07 Å². The highest BCUT2D eigenvalue weighted by molar-refractivity contribution is 5.93. The van der Waals surface area contributed by atoms with Crippen LogP contribution >= 0.6 is 0 Å². The molecule has 248 valence electrons. The van der Waals surface area contributed by atoms with Crippen LogP contribution in [0.3, 0.4) is 0 Å². The lowest BCUT2D eigenvalue weighted by Crippen LogP contribution is -2.62. The van der Waals surface area contributed by atoms with Gasteiger partial charge in [-0.2, -0.15) is 0 Å². The highest BCUT2D eigenvalue weighted by Gasteiger charge is 2.38. The summed E-state index contributed by atoms with van der Waals surface area (Å²) in [6, 6.07) is 21.0. The van der Waals surface area contributed by atoms with Gasteiger partial charge in [-0.1, -0.05) is 48.0 Å². The molecule has 3 aliphatic heterocycles. The molecular formula is C34H35N7O7. The molecule has 0 bridgehead atoms. The summed E-state index contributed by atoms with van der Waals surface area (Å²) in [5, 5.41) is 24.9. The fourth-order valence-corrected chi connectivity index (χ4v) is 6.71. The fraction of sp³-hybridized carbons (Fsp3) is 0.353. The maximum Gasteiger partial charge on any atom is 0.320 e. The van der Waals surface area contributed by atoms with Gasteiger partial charge < -0.3 is 29.9 Å². The number of carbonyl (C=O) groups is 2. The highest BCUT2D eigenvalue weighted by Crippen LogP contribution is 2.34. The van der Waals surface area contributed by atoms with Gasteiger partial charge in [-0.25, -0.2) is 9.42 Å². The van der Waals surface area contributed by atoms with Crippen LogP contribution in [-0.2, 0) is 9.53 Å². The van der Waals surface area contributed by atoms with Crippen molar-refractivity contribution in [3.8, 4) is 5.75 Å². The molecule has 2 atom stereocenters. The summed E-state index contributed by atoms with van der Waals surface area (Å²) in [4.78, 5) is 39.9. The Hall–Kier alpha value is -5.50. The number of rotatable bonds is 8. The predicted octanol–water partition coefficient (Wildman–Crippen LogP) is 4.23. The lowest BCUT2D eigenvalue weighted by atomic mass is 9.88. The minimum Gasteiger partial charge on any atom is -0.492 e. The number of nitrogens with one attached hydrogen (secondary N) is 2. The van der Waals surface area contributed by atoms with Crippen molar-refractivity contribution >= 4 is 39.9 Å². The molecule has 4 heterocycles. The third kappa shape index (κ3) is 6.51. The first kappa shape index (κ1) is 31.1. The molecule has 0 aliphatic carbocycles. The Balaban J connectivity index is 1.01. The van der Waals surface area contributed by atoms with E-state index in [-0.39, 0.29) is 47.4 Å². The quantitative estimate of drug-likeness (QED) is 0.160. The van der Waals surface area contributed by atoms with Gasteiger partial charge in [0.1, 0.15) is 19.0 Å². The van der Waals surface area contributed by atoms with Gasteiger partial charge in [-0.05, 0) is 64.5 Å². The fourth-order valence-electron chi connectivity index (χ4n) is 6.71. The number of nitro groups is 1. The van der Waals surface area contributed by atoms with Crippen LogP contribution in [0.4, 0.5) is 16.2 Å². The second kappa shape index (κ2) is 13.7. The minimum absolute atomic E-state index is 0.00636. The number of urea groups is 1. The first-order valence-corrected chi connectivity index (χ1v) is 16.0. The van der Waals surface area contributed by atoms with Crippen molar-refractivity contribution in [1.82, 2.24) is 25.4 Å². The number of likely N-dealkylation sites (tertiary alicyclic amines) is 2. The molecule has 3 aliphatic rings. The van der Waals surface area contributed by atoms with Crippen LogP contribution < -0.4 is 15.4 Å². The van der Waals surface area contributed by atoms with Gasteiger partial charge in [-0.15, -0.1) is 0 Å². The Labute approximate surface area is 275 Å². The van der Waals surface area contributed by atoms with E-state index in [1.165, 1.54) is 11.6 Å². The molecule has 1 aromatic heterocycles. The number of ether oxygens (including phenoxy) is 2. The van der Waals surface area contributed by atoms with Crippen LogP contribution in [0.2, 0.25) is 0 Å². The van der Waals surface area contributed by atoms with Crippen LogP contribution in [0.5, 0.6) is 5.75 Å². The summed E-state index contributed by atoms with van der Waals surface area (Å²) in [5.74, 6) is 0.571. The summed E-state index contributed by atoms with van der Waals surface area (Å²) in [7, 11) is 0. The lowest BCUT2D eigenvalue weighted by Gasteiger charge is -2.43. The zero-order chi connectivity index (χ0) is 33.0. The number of hydrogen-bond acceptors (Lipinski definition) is 10. The van der Waals surface area contributed by atoms with Gasteiger partial charge in [0.2, 0.25) is 11.4 Å². The highest BCUT2D eigenvalue weighted by atomic mass is 16.6. The second-order valence-corrected chi connectivity index (χ2v) is 12.0. The Morgan fingerprint density at radius 1 is 1.00 bits per heavy atom. The Morgan fingerprint density at radius 3 is 2.60 bits per heavy atom. The molecule has 14 heteroatoms. The molecule has 0 radical (unpaired) electrons. The van der Waals surface area contributed by atoms with Crippen LogP contribution in [0.25, 0.3) is 16.6 Å². The normalized spacial score (nSPS) is 19.4. The third-order valence-corrected chi connectivity index (χ3v) is 9.05. The maximum absolute atomic E-state index is 13.5. The summed E-state index contributed by atoms with van der Waals surface area (Å²) in [6.45, 7) is 3.12. The van der Waals surface area contributed by atoms with Gasteiger partial charge in [0.25, 0.3) is 0 Å². The number of hydrogen-bond donors (Lipinski definition) is 2. The summed E-state index contributed by atoms with van der Waals surface area (Å²) >= 11 is 0. The van der Waals surface area contributed by atoms with E-state index in [4.69, 9.17) is 14.1 Å². The molecular weight excluding hydrogens is 618 g/mol. The largest absolute Gasteiger partial charge is 0.492 e. The molecule has 7 rings (SSSR count). The number of morpholine rings is 1. The number of fused-ring (bicyclic) bond motifs is 2. The Bertz CT molecular complexity index is 1850. The van der Waals surface area contributed by atoms with Crippen molar-refractivity contribution in [3.63, 3.8) is 0 Å². The van der Waals surface area contributed by atoms with Gasteiger partial charge in [0, 0.05) is 38.8 Å². The summed E-state index contributed by atoms with van der Waals surface area (Å²) < 4.78 is 16.5. The molecule has 3 amide bonds. The van der Waals surface area contributed by atoms with E-state index in [9.17, 15) is 19.7 Å². The summed E-state index contributed by atoms with van der Waals surface area (Å²) in [6.07, 6.45) is 2.16. The molecule has 3 fully saturated rings. The van der Waals surface area contributed by atoms with E-state index in [2.05, 4.69) is 39.1 Å². The van der Waals surface area contributed by atoms with E-state index < -0.39 is 4.92 Å². The number of carbonyl (C=O) groups excluding carboxylic acids is 2. The summed E-state index contributed by atoms with van der Waals surface area (Å²) in [5.41, 5.74) is 5.32. The van der Waals surface area contributed by atoms with Crippen LogP contribution in [0.1, 0.15) is 30.4 Å². The van der Waals surface area contributed by atoms with E-state index in [1.807, 2.05) is 46.2 Å². The molecule has 3 saturated heterocycles. The van der Waals surface area contributed by atoms with E-state index >= 15 is 0 Å². The molecule has 0 unspecified atom stereocenters. The second-order valence-electron chi connectivity index (χ2n) is 12.0. The van der Waals surface area contributed by atoms with Crippen LogP contribution in [0, 0.1) is 10.1 Å². The number of nitro benzene ring substituents is 1. The zero-order valence-corrected chi connectivity index (χ0v) is 26.2. The average Bonchev–Trinajstić information content (AvgIpc) is 3.61. The third-order valence-electron chi connectivity index (χ3n) is 9.05. The molecule has 4 aromatic rings. The number of piperidine rings is 2. The van der Waals surface area contributed by atoms with Crippen molar-refractivity contribution in [2.75, 3.05) is 51.3 Å². The number of benzene rings is 3. The van der Waals surface area contributed by atoms with Crippen LogP contribution in [-0.4, -0.2) is 95.1 Å². The van der Waals surface area contributed by atoms with Gasteiger partial charge in [-0.3, -0.25) is 14.9 Å². The Morgan fingerprint density at radius 2 is 1.79 bits per heavy atom. The first-order valence-electron chi connectivity index (χ1n) is 16.0. The lowest BCUT2D eigenvalue weighted by molar-refractivity contribution is -0.383. The first-order chi connectivity index (χ1) is 23.4. The van der Waals surface area contributed by atoms with Crippen molar-refractivity contribution in [3.05, 3.63) is 93.5 Å². The molecule has 3 aromatic carbocycles. The molecule has 0 spiro atoms.